The van der Waals surface area contributed by atoms with E-state index < -0.39 is 5.97 Å². The van der Waals surface area contributed by atoms with Crippen molar-refractivity contribution in [3.05, 3.63) is 94.9 Å². The number of hydrogen-bond acceptors (Lipinski definition) is 4. The smallest absolute Gasteiger partial charge is 0.307 e. The van der Waals surface area contributed by atoms with E-state index in [-0.39, 0.29) is 11.8 Å². The van der Waals surface area contributed by atoms with Gasteiger partial charge < -0.3 is 14.6 Å². The monoisotopic (exact) mass is 461 g/mol. The van der Waals surface area contributed by atoms with Gasteiger partial charge in [0.1, 0.15) is 12.9 Å². The van der Waals surface area contributed by atoms with Crippen molar-refractivity contribution in [1.82, 2.24) is 0 Å². The van der Waals surface area contributed by atoms with Crippen LogP contribution in [-0.4, -0.2) is 37.1 Å². The molecule has 0 fully saturated rings. The largest absolute Gasteiger partial charge is 0.493 e. The molecule has 1 aliphatic heterocycles. The van der Waals surface area contributed by atoms with Crippen molar-refractivity contribution < 1.29 is 19.4 Å². The summed E-state index contributed by atoms with van der Waals surface area (Å²) < 4.78 is 10.5. The number of aryl methyl sites for hydroxylation is 2. The average molecular weight is 462 g/mol. The van der Waals surface area contributed by atoms with Crippen LogP contribution in [0, 0.1) is 12.8 Å². The van der Waals surface area contributed by atoms with Crippen LogP contribution >= 0.6 is 0 Å². The van der Waals surface area contributed by atoms with E-state index >= 15 is 0 Å². The predicted molar refractivity (Wildman–Crippen MR) is 136 cm³/mol. The molecular weight excluding hydrogens is 426 g/mol. The fraction of sp³-hybridized carbons (Fsp3) is 0.379. The minimum atomic E-state index is -0.699. The second-order valence-corrected chi connectivity index (χ2v) is 9.04. The third-order valence-electron chi connectivity index (χ3n) is 6.22. The van der Waals surface area contributed by atoms with Crippen LogP contribution in [0.3, 0.4) is 0 Å². The molecule has 2 aromatic rings. The highest BCUT2D eigenvalue weighted by atomic mass is 16.5. The van der Waals surface area contributed by atoms with Crippen LogP contribution in [0.5, 0.6) is 0 Å². The first-order valence-electron chi connectivity index (χ1n) is 11.8. The second kappa shape index (κ2) is 12.3. The van der Waals surface area contributed by atoms with Crippen molar-refractivity contribution in [3.8, 4) is 0 Å². The third kappa shape index (κ3) is 6.91. The lowest BCUT2D eigenvalue weighted by Crippen LogP contribution is -2.21. The summed E-state index contributed by atoms with van der Waals surface area (Å²) in [5.41, 5.74) is 7.78. The van der Waals surface area contributed by atoms with Crippen molar-refractivity contribution in [3.63, 3.8) is 0 Å². The number of fused-ring (bicyclic) bond motifs is 1. The summed E-state index contributed by atoms with van der Waals surface area (Å²) in [5, 5.41) is 9.37. The molecule has 4 rings (SSSR count). The Morgan fingerprint density at radius 1 is 1.24 bits per heavy atom. The van der Waals surface area contributed by atoms with E-state index in [2.05, 4.69) is 54.9 Å². The Labute approximate surface area is 202 Å². The molecule has 0 radical (unpaired) electrons. The summed E-state index contributed by atoms with van der Waals surface area (Å²) in [6, 6.07) is 16.5. The first kappa shape index (κ1) is 25.4. The number of carboxylic acid groups (broad SMARTS) is 1. The Morgan fingerprint density at radius 2 is 1.97 bits per heavy atom. The maximum absolute atomic E-state index is 11.4. The van der Waals surface area contributed by atoms with E-state index in [9.17, 15) is 9.90 Å². The molecule has 180 valence electrons. The van der Waals surface area contributed by atoms with E-state index in [4.69, 9.17) is 9.47 Å². The fourth-order valence-corrected chi connectivity index (χ4v) is 4.45. The number of nitrogens with zero attached hydrogens (tertiary/aromatic N) is 1. The maximum Gasteiger partial charge on any atom is 0.307 e. The molecular formula is C29H35NO4. The van der Waals surface area contributed by atoms with Crippen LogP contribution in [0.2, 0.25) is 0 Å². The summed E-state index contributed by atoms with van der Waals surface area (Å²) in [6.45, 7) is 9.02. The van der Waals surface area contributed by atoms with Crippen molar-refractivity contribution in [1.29, 1.82) is 0 Å². The molecule has 1 aliphatic carbocycles. The van der Waals surface area contributed by atoms with E-state index in [1.54, 1.807) is 13.4 Å². The molecule has 5 nitrogen and oxygen atoms in total. The lowest BCUT2D eigenvalue weighted by molar-refractivity contribution is -0.142. The highest BCUT2D eigenvalue weighted by Crippen LogP contribution is 2.40. The Balaban J connectivity index is 0.000000191. The van der Waals surface area contributed by atoms with Gasteiger partial charge in [-0.3, -0.25) is 9.79 Å². The number of ether oxygens (including phenoxy) is 2. The van der Waals surface area contributed by atoms with Crippen molar-refractivity contribution in [2.45, 2.75) is 45.4 Å². The van der Waals surface area contributed by atoms with Gasteiger partial charge in [-0.05, 0) is 55.7 Å². The van der Waals surface area contributed by atoms with Gasteiger partial charge in [0.25, 0.3) is 0 Å². The van der Waals surface area contributed by atoms with Gasteiger partial charge in [-0.15, -0.1) is 6.58 Å². The molecule has 0 aromatic heterocycles. The fourth-order valence-electron chi connectivity index (χ4n) is 4.45. The number of carboxylic acids is 1. The molecule has 1 N–H and O–H groups in total. The van der Waals surface area contributed by atoms with E-state index in [1.165, 1.54) is 16.7 Å². The van der Waals surface area contributed by atoms with Crippen LogP contribution in [0.15, 0.2) is 77.6 Å². The quantitative estimate of drug-likeness (QED) is 0.484. The summed E-state index contributed by atoms with van der Waals surface area (Å²) in [5.74, 6) is -0.869. The summed E-state index contributed by atoms with van der Waals surface area (Å²) in [4.78, 5) is 16.0. The van der Waals surface area contributed by atoms with Crippen LogP contribution in [0.1, 0.15) is 54.4 Å². The number of aliphatic carboxylic acids is 1. The number of aliphatic imine (C=N–C) groups is 1. The van der Waals surface area contributed by atoms with Crippen LogP contribution in [0.25, 0.3) is 0 Å². The minimum absolute atomic E-state index is 0.153. The molecule has 0 bridgehead atoms. The molecule has 2 aromatic carbocycles. The van der Waals surface area contributed by atoms with Gasteiger partial charge in [0, 0.05) is 13.5 Å². The molecule has 2 aliphatic rings. The SMILES string of the molecule is C=C(C)CC(C(=O)O)C1CCc2ccccc21.COCCC1=COCC(c2ccc(C)cc2)=N1. The molecule has 0 saturated heterocycles. The van der Waals surface area contributed by atoms with Crippen LogP contribution in [-0.2, 0) is 20.7 Å². The van der Waals surface area contributed by atoms with Crippen molar-refractivity contribution in [2.24, 2.45) is 10.9 Å². The first-order valence-corrected chi connectivity index (χ1v) is 11.8. The number of rotatable bonds is 8. The maximum atomic E-state index is 11.4. The Kier molecular flexibility index (Phi) is 9.23. The van der Waals surface area contributed by atoms with Crippen molar-refractivity contribution in [2.75, 3.05) is 20.3 Å². The average Bonchev–Trinajstić information content (AvgIpc) is 3.26. The van der Waals surface area contributed by atoms with E-state index in [1.807, 2.05) is 19.1 Å². The minimum Gasteiger partial charge on any atom is -0.493 e. The third-order valence-corrected chi connectivity index (χ3v) is 6.22. The highest BCUT2D eigenvalue weighted by Gasteiger charge is 2.33. The lowest BCUT2D eigenvalue weighted by atomic mass is 9.83. The summed E-state index contributed by atoms with van der Waals surface area (Å²) in [7, 11) is 1.69. The van der Waals surface area contributed by atoms with Crippen molar-refractivity contribution >= 4 is 11.7 Å². The number of benzene rings is 2. The molecule has 0 amide bonds. The summed E-state index contributed by atoms with van der Waals surface area (Å²) in [6.07, 6.45) is 5.03. The van der Waals surface area contributed by atoms with Gasteiger partial charge in [0.2, 0.25) is 0 Å². The molecule has 2 unspecified atom stereocenters. The molecule has 34 heavy (non-hydrogen) atoms. The Hall–Kier alpha value is -3.18. The number of carbonyl (C=O) groups is 1. The normalized spacial score (nSPS) is 17.3. The predicted octanol–water partition coefficient (Wildman–Crippen LogP) is 6.08. The molecule has 0 saturated carbocycles. The Bertz CT molecular complexity index is 1050. The number of allylic oxidation sites excluding steroid dienone is 1. The zero-order chi connectivity index (χ0) is 24.5. The highest BCUT2D eigenvalue weighted by molar-refractivity contribution is 6.02. The molecule has 2 atom stereocenters. The van der Waals surface area contributed by atoms with Gasteiger partial charge in [-0.2, -0.15) is 0 Å². The van der Waals surface area contributed by atoms with E-state index in [0.29, 0.717) is 19.6 Å². The zero-order valence-corrected chi connectivity index (χ0v) is 20.4. The Morgan fingerprint density at radius 3 is 2.65 bits per heavy atom. The van der Waals surface area contributed by atoms with Gasteiger partial charge in [-0.1, -0.05) is 59.7 Å². The standard InChI is InChI=1S/C15H18O2.C14H17NO2/c1-10(2)9-14(15(16)17)13-8-7-11-5-3-4-6-12(11)13;1-11-3-5-12(6-4-11)14-10-17-9-13(15-14)7-8-16-2/h3-6,13-14H,1,7-9H2,2H3,(H,16,17);3-6,9H,7-8,10H2,1-2H3. The molecule has 0 spiro atoms. The first-order chi connectivity index (χ1) is 16.4. The topological polar surface area (TPSA) is 68.1 Å². The van der Waals surface area contributed by atoms with Gasteiger partial charge in [-0.25, -0.2) is 0 Å². The van der Waals surface area contributed by atoms with E-state index in [0.717, 1.165) is 41.8 Å². The number of hydrogen-bond donors (Lipinski definition) is 1. The van der Waals surface area contributed by atoms with Gasteiger partial charge in [0.15, 0.2) is 0 Å². The van der Waals surface area contributed by atoms with Crippen LogP contribution < -0.4 is 0 Å². The van der Waals surface area contributed by atoms with Crippen LogP contribution in [0.4, 0.5) is 0 Å². The van der Waals surface area contributed by atoms with Gasteiger partial charge in [0.05, 0.1) is 23.9 Å². The van der Waals surface area contributed by atoms with Gasteiger partial charge >= 0.3 is 5.97 Å². The molecule has 5 heteroatoms. The summed E-state index contributed by atoms with van der Waals surface area (Å²) >= 11 is 0. The number of methoxy groups -OCH3 is 1. The zero-order valence-electron chi connectivity index (χ0n) is 20.4. The second-order valence-electron chi connectivity index (χ2n) is 9.04. The molecule has 1 heterocycles. The lowest BCUT2D eigenvalue weighted by Gasteiger charge is -2.20.